The molecule has 0 heterocycles. The fraction of sp³-hybridized carbons (Fsp3) is 0.417. The zero-order valence-electron chi connectivity index (χ0n) is 29.9. The molecule has 0 aliphatic heterocycles. The van der Waals surface area contributed by atoms with Gasteiger partial charge in [0, 0.05) is 5.56 Å². The Labute approximate surface area is 295 Å². The van der Waals surface area contributed by atoms with E-state index in [2.05, 4.69) is 0 Å². The molecule has 0 fully saturated rings. The number of methoxy groups -OCH3 is 7. The van der Waals surface area contributed by atoms with Crippen molar-refractivity contribution in [2.75, 3.05) is 69.6 Å². The van der Waals surface area contributed by atoms with Gasteiger partial charge in [0.05, 0.1) is 85.1 Å². The number of aliphatic hydroxyl groups excluding tert-OH is 2. The molecule has 51 heavy (non-hydrogen) atoms. The summed E-state index contributed by atoms with van der Waals surface area (Å²) in [4.78, 5) is 40.1. The van der Waals surface area contributed by atoms with Crippen LogP contribution in [0, 0.1) is 5.41 Å². The maximum atomic E-state index is 13.4. The van der Waals surface area contributed by atoms with Crippen LogP contribution < -0.4 is 33.2 Å². The molecule has 0 saturated heterocycles. The topological polar surface area (TPSA) is 184 Å². The summed E-state index contributed by atoms with van der Waals surface area (Å²) in [5.74, 6) is -0.720. The highest BCUT2D eigenvalue weighted by molar-refractivity contribution is 5.92. The predicted molar refractivity (Wildman–Crippen MR) is 181 cm³/mol. The van der Waals surface area contributed by atoms with Gasteiger partial charge in [-0.3, -0.25) is 0 Å². The first-order chi connectivity index (χ1) is 24.5. The van der Waals surface area contributed by atoms with Crippen molar-refractivity contribution in [1.82, 2.24) is 0 Å². The van der Waals surface area contributed by atoms with Crippen molar-refractivity contribution in [1.29, 1.82) is 0 Å². The molecule has 0 bridgehead atoms. The fourth-order valence-electron chi connectivity index (χ4n) is 5.06. The smallest absolute Gasteiger partial charge is 0.338 e. The van der Waals surface area contributed by atoms with E-state index in [-0.39, 0.29) is 88.7 Å². The van der Waals surface area contributed by atoms with Crippen molar-refractivity contribution in [3.05, 3.63) is 64.2 Å². The molecule has 0 aliphatic rings. The van der Waals surface area contributed by atoms with E-state index >= 15 is 0 Å². The molecular weight excluding hydrogens is 672 g/mol. The minimum absolute atomic E-state index is 0.0296. The van der Waals surface area contributed by atoms with Crippen molar-refractivity contribution in [3.63, 3.8) is 0 Å². The molecule has 0 aliphatic carbocycles. The summed E-state index contributed by atoms with van der Waals surface area (Å²) in [5, 5.41) is 19.6. The number of carbonyl (C=O) groups is 3. The van der Waals surface area contributed by atoms with Crippen LogP contribution in [0.1, 0.15) is 55.5 Å². The van der Waals surface area contributed by atoms with E-state index in [0.29, 0.717) is 5.56 Å². The van der Waals surface area contributed by atoms with E-state index in [9.17, 15) is 24.6 Å². The second-order valence-corrected chi connectivity index (χ2v) is 11.0. The minimum Gasteiger partial charge on any atom is -0.496 e. The van der Waals surface area contributed by atoms with E-state index in [1.54, 1.807) is 6.92 Å². The van der Waals surface area contributed by atoms with Gasteiger partial charge in [-0.25, -0.2) is 14.4 Å². The second kappa shape index (κ2) is 18.5. The van der Waals surface area contributed by atoms with Gasteiger partial charge >= 0.3 is 17.9 Å². The summed E-state index contributed by atoms with van der Waals surface area (Å²) in [5.41, 5.74) is -0.484. The Balaban J connectivity index is 1.95. The van der Waals surface area contributed by atoms with Crippen LogP contribution in [0.5, 0.6) is 40.2 Å². The molecule has 0 atom stereocenters. The third-order valence-corrected chi connectivity index (χ3v) is 8.16. The number of aliphatic hydroxyl groups is 2. The molecule has 0 aromatic heterocycles. The van der Waals surface area contributed by atoms with Crippen molar-refractivity contribution in [2.45, 2.75) is 26.6 Å². The van der Waals surface area contributed by atoms with Gasteiger partial charge in [0.2, 0.25) is 11.5 Å². The van der Waals surface area contributed by atoms with Crippen molar-refractivity contribution < 1.29 is 72.0 Å². The predicted octanol–water partition coefficient (Wildman–Crippen LogP) is 4.00. The molecule has 278 valence electrons. The highest BCUT2D eigenvalue weighted by Gasteiger charge is 2.35. The third-order valence-electron chi connectivity index (χ3n) is 8.16. The highest BCUT2D eigenvalue weighted by Crippen LogP contribution is 2.40. The number of benzene rings is 3. The highest BCUT2D eigenvalue weighted by atomic mass is 16.6. The Kier molecular flexibility index (Phi) is 14.6. The summed E-state index contributed by atoms with van der Waals surface area (Å²) in [6.45, 7) is -0.238. The Morgan fingerprint density at radius 2 is 0.843 bits per heavy atom. The molecule has 2 N–H and O–H groups in total. The molecule has 0 spiro atoms. The fourth-order valence-corrected chi connectivity index (χ4v) is 5.06. The van der Waals surface area contributed by atoms with Gasteiger partial charge in [-0.2, -0.15) is 0 Å². The van der Waals surface area contributed by atoms with Gasteiger partial charge in [0.15, 0.2) is 23.0 Å². The van der Waals surface area contributed by atoms with Crippen molar-refractivity contribution >= 4 is 17.9 Å². The average Bonchev–Trinajstić information content (AvgIpc) is 3.18. The summed E-state index contributed by atoms with van der Waals surface area (Å²) in [7, 11) is 9.83. The zero-order valence-corrected chi connectivity index (χ0v) is 29.9. The largest absolute Gasteiger partial charge is 0.496 e. The average molecular weight is 717 g/mol. The van der Waals surface area contributed by atoms with E-state index in [1.807, 2.05) is 0 Å². The second-order valence-electron chi connectivity index (χ2n) is 11.0. The number of hydrogen-bond donors (Lipinski definition) is 2. The quantitative estimate of drug-likeness (QED) is 0.134. The lowest BCUT2D eigenvalue weighted by Gasteiger charge is -2.31. The molecule has 15 heteroatoms. The normalized spacial score (nSPS) is 10.9. The Bertz CT molecular complexity index is 1420. The van der Waals surface area contributed by atoms with Gasteiger partial charge in [-0.1, -0.05) is 6.92 Å². The van der Waals surface area contributed by atoms with E-state index in [1.165, 1.54) is 86.2 Å². The summed E-state index contributed by atoms with van der Waals surface area (Å²) in [6, 6.07) is 8.43. The number of hydrogen-bond acceptors (Lipinski definition) is 15. The summed E-state index contributed by atoms with van der Waals surface area (Å²) >= 11 is 0. The standard InChI is InChI=1S/C36H44O15/c1-9-36(18-49-33(39)21-10-24(16-37)25(17-38)26(11-21)42-2,19-50-34(40)22-12-27(43-3)31(47-7)28(13-22)44-4)20-51-35(41)23-14-29(45-5)32(48-8)30(15-23)46-6/h10-15,37-38H,9,16-20H2,1-8H3. The first-order valence-corrected chi connectivity index (χ1v) is 15.6. The monoisotopic (exact) mass is 716 g/mol. The molecule has 15 nitrogen and oxygen atoms in total. The van der Waals surface area contributed by atoms with Crippen LogP contribution >= 0.6 is 0 Å². The molecule has 3 aromatic carbocycles. The van der Waals surface area contributed by atoms with Crippen LogP contribution in [0.25, 0.3) is 0 Å². The first kappa shape index (κ1) is 40.0. The summed E-state index contributed by atoms with van der Waals surface area (Å²) in [6.07, 6.45) is 0.208. The van der Waals surface area contributed by atoms with Crippen LogP contribution in [0.3, 0.4) is 0 Å². The minimum atomic E-state index is -1.25. The van der Waals surface area contributed by atoms with Gasteiger partial charge in [-0.05, 0) is 48.4 Å². The zero-order chi connectivity index (χ0) is 37.7. The Morgan fingerprint density at radius 1 is 0.510 bits per heavy atom. The van der Waals surface area contributed by atoms with Gasteiger partial charge < -0.3 is 57.6 Å². The van der Waals surface area contributed by atoms with Crippen molar-refractivity contribution in [3.8, 4) is 40.2 Å². The van der Waals surface area contributed by atoms with Crippen molar-refractivity contribution in [2.24, 2.45) is 5.41 Å². The van der Waals surface area contributed by atoms with Gasteiger partial charge in [0.1, 0.15) is 25.6 Å². The Hall–Kier alpha value is -5.41. The van der Waals surface area contributed by atoms with Gasteiger partial charge in [0.25, 0.3) is 0 Å². The van der Waals surface area contributed by atoms with E-state index in [0.717, 1.165) is 0 Å². The van der Waals surface area contributed by atoms with Crippen LogP contribution in [-0.2, 0) is 27.4 Å². The number of rotatable bonds is 19. The van der Waals surface area contributed by atoms with E-state index in [4.69, 9.17) is 47.4 Å². The molecule has 0 amide bonds. The molecule has 3 rings (SSSR count). The molecule has 0 unspecified atom stereocenters. The number of esters is 3. The maximum Gasteiger partial charge on any atom is 0.338 e. The lowest BCUT2D eigenvalue weighted by Crippen LogP contribution is -2.39. The van der Waals surface area contributed by atoms with Crippen LogP contribution in [0.4, 0.5) is 0 Å². The SMILES string of the molecule is CCC(COC(=O)c1cc(CO)c(CO)c(OC)c1)(COC(=O)c1cc(OC)c(OC)c(OC)c1)COC(=O)c1cc(OC)c(OC)c(OC)c1. The Morgan fingerprint density at radius 3 is 1.12 bits per heavy atom. The van der Waals surface area contributed by atoms with Crippen LogP contribution in [0.15, 0.2) is 36.4 Å². The third kappa shape index (κ3) is 9.23. The molecule has 3 aromatic rings. The molecule has 0 radical (unpaired) electrons. The number of ether oxygens (including phenoxy) is 10. The van der Waals surface area contributed by atoms with Crippen LogP contribution in [-0.4, -0.2) is 97.7 Å². The summed E-state index contributed by atoms with van der Waals surface area (Å²) < 4.78 is 54.5. The lowest BCUT2D eigenvalue weighted by atomic mass is 9.88. The van der Waals surface area contributed by atoms with Crippen LogP contribution in [0.2, 0.25) is 0 Å². The molecular formula is C36H44O15. The maximum absolute atomic E-state index is 13.4. The molecule has 0 saturated carbocycles. The number of carbonyl (C=O) groups excluding carboxylic acids is 3. The van der Waals surface area contributed by atoms with E-state index < -0.39 is 36.5 Å². The lowest BCUT2D eigenvalue weighted by molar-refractivity contribution is -0.0382. The first-order valence-electron chi connectivity index (χ1n) is 15.6. The van der Waals surface area contributed by atoms with Gasteiger partial charge in [-0.15, -0.1) is 0 Å².